The number of pyridine rings is 1. The summed E-state index contributed by atoms with van der Waals surface area (Å²) in [5, 5.41) is 2.62. The number of benzene rings is 2. The number of carbonyl (C=O) groups excluding carboxylic acids is 1. The summed E-state index contributed by atoms with van der Waals surface area (Å²) < 4.78 is 59.7. The highest BCUT2D eigenvalue weighted by atomic mass is 19.4. The number of hydrogen-bond acceptors (Lipinski definition) is 5. The van der Waals surface area contributed by atoms with Crippen LogP contribution in [0.15, 0.2) is 54.6 Å². The highest BCUT2D eigenvalue weighted by Crippen LogP contribution is 2.32. The largest absolute Gasteiger partial charge is 0.573 e. The predicted molar refractivity (Wildman–Crippen MR) is 101 cm³/mol. The number of aromatic nitrogens is 1. The second-order valence-corrected chi connectivity index (χ2v) is 6.11. The van der Waals surface area contributed by atoms with Gasteiger partial charge in [0.15, 0.2) is 11.6 Å². The summed E-state index contributed by atoms with van der Waals surface area (Å²) in [6.07, 6.45) is -5.05. The summed E-state index contributed by atoms with van der Waals surface area (Å²) >= 11 is 0. The lowest BCUT2D eigenvalue weighted by molar-refractivity contribution is -0.275. The number of nitrogens with zero attached hydrogens (tertiary/aromatic N) is 1. The van der Waals surface area contributed by atoms with Gasteiger partial charge in [0.1, 0.15) is 17.3 Å². The minimum atomic E-state index is -5.05. The van der Waals surface area contributed by atoms with E-state index in [0.717, 1.165) is 18.2 Å². The van der Waals surface area contributed by atoms with E-state index in [9.17, 15) is 22.4 Å². The number of alkyl halides is 3. The maximum atomic E-state index is 13.5. The molecule has 0 unspecified atom stereocenters. The molecule has 0 bridgehead atoms. The summed E-state index contributed by atoms with van der Waals surface area (Å²) in [6, 6.07) is 11.9. The molecule has 1 aromatic heterocycles. The van der Waals surface area contributed by atoms with E-state index in [-0.39, 0.29) is 22.9 Å². The van der Waals surface area contributed by atoms with Gasteiger partial charge in [-0.25, -0.2) is 9.37 Å². The van der Waals surface area contributed by atoms with Gasteiger partial charge >= 0.3 is 6.36 Å². The van der Waals surface area contributed by atoms with E-state index in [1.54, 1.807) is 25.1 Å². The number of nitrogens with one attached hydrogen (secondary N) is 1. The van der Waals surface area contributed by atoms with Crippen LogP contribution in [0.25, 0.3) is 0 Å². The number of anilines is 2. The Bertz CT molecular complexity index is 1090. The highest BCUT2D eigenvalue weighted by Gasteiger charge is 2.32. The van der Waals surface area contributed by atoms with E-state index in [2.05, 4.69) is 15.0 Å². The van der Waals surface area contributed by atoms with Crippen LogP contribution >= 0.6 is 0 Å². The Morgan fingerprint density at radius 1 is 1.07 bits per heavy atom. The van der Waals surface area contributed by atoms with Crippen molar-refractivity contribution in [1.82, 2.24) is 4.98 Å². The van der Waals surface area contributed by atoms with Crippen molar-refractivity contribution in [2.24, 2.45) is 0 Å². The zero-order valence-corrected chi connectivity index (χ0v) is 15.5. The van der Waals surface area contributed by atoms with Crippen LogP contribution in [0, 0.1) is 12.7 Å². The van der Waals surface area contributed by atoms with Gasteiger partial charge in [0.2, 0.25) is 0 Å². The molecule has 2 aromatic carbocycles. The zero-order valence-electron chi connectivity index (χ0n) is 15.5. The van der Waals surface area contributed by atoms with E-state index >= 15 is 0 Å². The number of amides is 1. The number of nitrogens with two attached hydrogens (primary N) is 1. The molecule has 3 N–H and O–H groups in total. The molecule has 0 saturated carbocycles. The first-order valence-electron chi connectivity index (χ1n) is 8.48. The molecule has 0 aliphatic heterocycles. The number of carbonyl (C=O) groups is 1. The van der Waals surface area contributed by atoms with Gasteiger partial charge in [0, 0.05) is 23.5 Å². The molecule has 10 heteroatoms. The molecular formula is C20H15F4N3O3. The molecule has 1 heterocycles. The number of halogens is 4. The minimum Gasteiger partial charge on any atom is -0.457 e. The summed E-state index contributed by atoms with van der Waals surface area (Å²) in [5.74, 6) is -2.54. The SMILES string of the molecule is Cc1ccc(C(=O)Nc2cccc(Oc3ccc(F)c(OC(F)(F)F)c3)c2)c(N)n1. The summed E-state index contributed by atoms with van der Waals surface area (Å²) in [4.78, 5) is 16.4. The van der Waals surface area contributed by atoms with E-state index in [0.29, 0.717) is 11.4 Å². The van der Waals surface area contributed by atoms with Crippen LogP contribution in [0.4, 0.5) is 29.1 Å². The molecule has 0 saturated heterocycles. The summed E-state index contributed by atoms with van der Waals surface area (Å²) in [5.41, 5.74) is 6.94. The fourth-order valence-corrected chi connectivity index (χ4v) is 2.49. The second kappa shape index (κ2) is 8.27. The first kappa shape index (κ1) is 20.9. The Balaban J connectivity index is 1.76. The average Bonchev–Trinajstić information content (AvgIpc) is 2.63. The van der Waals surface area contributed by atoms with Crippen molar-refractivity contribution in [3.8, 4) is 17.2 Å². The number of aryl methyl sites for hydroxylation is 1. The number of nitrogen functional groups attached to an aromatic ring is 1. The van der Waals surface area contributed by atoms with Crippen LogP contribution in [0.5, 0.6) is 17.2 Å². The molecular weight excluding hydrogens is 406 g/mol. The van der Waals surface area contributed by atoms with Crippen LogP contribution in [0.1, 0.15) is 16.1 Å². The van der Waals surface area contributed by atoms with Crippen LogP contribution in [-0.4, -0.2) is 17.3 Å². The van der Waals surface area contributed by atoms with Crippen molar-refractivity contribution in [2.75, 3.05) is 11.1 Å². The van der Waals surface area contributed by atoms with Crippen molar-refractivity contribution < 1.29 is 31.8 Å². The van der Waals surface area contributed by atoms with E-state index in [1.165, 1.54) is 18.2 Å². The monoisotopic (exact) mass is 421 g/mol. The molecule has 0 spiro atoms. The fraction of sp³-hybridized carbons (Fsp3) is 0.100. The first-order chi connectivity index (χ1) is 14.1. The smallest absolute Gasteiger partial charge is 0.457 e. The second-order valence-electron chi connectivity index (χ2n) is 6.11. The van der Waals surface area contributed by atoms with Gasteiger partial charge in [0.25, 0.3) is 5.91 Å². The van der Waals surface area contributed by atoms with Gasteiger partial charge in [-0.2, -0.15) is 0 Å². The molecule has 0 atom stereocenters. The van der Waals surface area contributed by atoms with Crippen LogP contribution in [-0.2, 0) is 0 Å². The number of rotatable bonds is 5. The standard InChI is InChI=1S/C20H15F4N3O3/c1-11-5-7-15(18(25)26-11)19(28)27-12-3-2-4-13(9-12)29-14-6-8-16(21)17(10-14)30-20(22,23)24/h2-10H,1H3,(H2,25,26)(H,27,28). The molecule has 156 valence electrons. The van der Waals surface area contributed by atoms with Gasteiger partial charge in [-0.1, -0.05) is 6.07 Å². The topological polar surface area (TPSA) is 86.5 Å². The Hall–Kier alpha value is -3.82. The highest BCUT2D eigenvalue weighted by molar-refractivity contribution is 6.07. The van der Waals surface area contributed by atoms with Gasteiger partial charge < -0.3 is 20.5 Å². The minimum absolute atomic E-state index is 0.0726. The van der Waals surface area contributed by atoms with Crippen LogP contribution in [0.2, 0.25) is 0 Å². The molecule has 3 rings (SSSR count). The Labute approximate surface area is 168 Å². The lowest BCUT2D eigenvalue weighted by Crippen LogP contribution is -2.17. The number of hydrogen-bond donors (Lipinski definition) is 2. The molecule has 0 aliphatic carbocycles. The van der Waals surface area contributed by atoms with Crippen molar-refractivity contribution in [3.63, 3.8) is 0 Å². The maximum absolute atomic E-state index is 13.5. The Morgan fingerprint density at radius 2 is 1.80 bits per heavy atom. The van der Waals surface area contributed by atoms with Gasteiger partial charge in [0.05, 0.1) is 5.56 Å². The average molecular weight is 421 g/mol. The van der Waals surface area contributed by atoms with Crippen molar-refractivity contribution in [3.05, 3.63) is 71.7 Å². The fourth-order valence-electron chi connectivity index (χ4n) is 2.49. The third kappa shape index (κ3) is 5.37. The normalized spacial score (nSPS) is 11.1. The molecule has 30 heavy (non-hydrogen) atoms. The third-order valence-corrected chi connectivity index (χ3v) is 3.76. The van der Waals surface area contributed by atoms with E-state index in [4.69, 9.17) is 10.5 Å². The molecule has 6 nitrogen and oxygen atoms in total. The lowest BCUT2D eigenvalue weighted by Gasteiger charge is -2.12. The Morgan fingerprint density at radius 3 is 2.50 bits per heavy atom. The molecule has 0 fully saturated rings. The molecule has 0 radical (unpaired) electrons. The molecule has 3 aromatic rings. The number of ether oxygens (including phenoxy) is 2. The van der Waals surface area contributed by atoms with Gasteiger partial charge in [-0.15, -0.1) is 13.2 Å². The summed E-state index contributed by atoms with van der Waals surface area (Å²) in [7, 11) is 0. The first-order valence-corrected chi connectivity index (χ1v) is 8.48. The van der Waals surface area contributed by atoms with Crippen molar-refractivity contribution in [1.29, 1.82) is 0 Å². The quantitative estimate of drug-likeness (QED) is 0.563. The lowest BCUT2D eigenvalue weighted by atomic mass is 10.2. The van der Waals surface area contributed by atoms with Crippen molar-refractivity contribution >= 4 is 17.4 Å². The predicted octanol–water partition coefficient (Wildman–Crippen LogP) is 5.05. The van der Waals surface area contributed by atoms with Crippen molar-refractivity contribution in [2.45, 2.75) is 13.3 Å². The maximum Gasteiger partial charge on any atom is 0.573 e. The third-order valence-electron chi connectivity index (χ3n) is 3.76. The van der Waals surface area contributed by atoms with E-state index in [1.807, 2.05) is 0 Å². The Kier molecular flexibility index (Phi) is 5.77. The zero-order chi connectivity index (χ0) is 21.9. The van der Waals surface area contributed by atoms with E-state index < -0.39 is 23.8 Å². The van der Waals surface area contributed by atoms with Gasteiger partial charge in [-0.05, 0) is 43.3 Å². The molecule has 0 aliphatic rings. The molecule has 1 amide bonds. The van der Waals surface area contributed by atoms with Gasteiger partial charge in [-0.3, -0.25) is 4.79 Å². The van der Waals surface area contributed by atoms with Crippen LogP contribution < -0.4 is 20.5 Å². The summed E-state index contributed by atoms with van der Waals surface area (Å²) in [6.45, 7) is 1.74. The van der Waals surface area contributed by atoms with Crippen LogP contribution in [0.3, 0.4) is 0 Å².